The normalized spacial score (nSPS) is 10.7. The number of anilines is 1. The van der Waals surface area contributed by atoms with Crippen LogP contribution >= 0.6 is 38.9 Å². The maximum absolute atomic E-state index is 12.3. The second-order valence-corrected chi connectivity index (χ2v) is 8.45. The first kappa shape index (κ1) is 19.9. The molecule has 3 aromatic rings. The van der Waals surface area contributed by atoms with Gasteiger partial charge < -0.3 is 4.74 Å². The molecule has 0 fully saturated rings. The molecule has 0 spiro atoms. The third-order valence-electron chi connectivity index (χ3n) is 4.02. The Hall–Kier alpha value is -1.89. The molecular formula is C20H18BrClN2O2S. The molecule has 140 valence electrons. The molecule has 1 amide bonds. The molecule has 4 nitrogen and oxygen atoms in total. The molecule has 1 aromatic heterocycles. The van der Waals surface area contributed by atoms with Crippen LogP contribution in [0.5, 0.6) is 5.75 Å². The molecule has 0 saturated heterocycles. The molecule has 0 radical (unpaired) electrons. The van der Waals surface area contributed by atoms with Crippen molar-refractivity contribution >= 4 is 49.9 Å². The van der Waals surface area contributed by atoms with E-state index >= 15 is 0 Å². The van der Waals surface area contributed by atoms with E-state index in [4.69, 9.17) is 16.3 Å². The average Bonchev–Trinajstić information content (AvgIpc) is 3.02. The number of carbonyl (C=O) groups is 1. The summed E-state index contributed by atoms with van der Waals surface area (Å²) in [6.45, 7) is 5.68. The summed E-state index contributed by atoms with van der Waals surface area (Å²) in [5, 5.41) is 4.05. The first-order valence-corrected chi connectivity index (χ1v) is 10.3. The van der Waals surface area contributed by atoms with Crippen molar-refractivity contribution in [1.29, 1.82) is 0 Å². The zero-order valence-corrected chi connectivity index (χ0v) is 18.3. The van der Waals surface area contributed by atoms with Crippen molar-refractivity contribution in [2.24, 2.45) is 0 Å². The molecule has 3 rings (SSSR count). The summed E-state index contributed by atoms with van der Waals surface area (Å²) in [6, 6.07) is 11.7. The molecule has 0 saturated carbocycles. The molecule has 7 heteroatoms. The molecule has 0 bridgehead atoms. The van der Waals surface area contributed by atoms with E-state index in [-0.39, 0.29) is 12.5 Å². The van der Waals surface area contributed by atoms with Gasteiger partial charge in [-0.1, -0.05) is 41.9 Å². The van der Waals surface area contributed by atoms with Gasteiger partial charge in [-0.05, 0) is 53.9 Å². The first-order chi connectivity index (χ1) is 12.9. The molecule has 1 N–H and O–H groups in total. The molecule has 27 heavy (non-hydrogen) atoms. The van der Waals surface area contributed by atoms with Gasteiger partial charge in [0, 0.05) is 15.5 Å². The molecule has 0 aliphatic heterocycles. The van der Waals surface area contributed by atoms with Crippen molar-refractivity contribution in [2.75, 3.05) is 11.9 Å². The molecule has 2 aromatic carbocycles. The van der Waals surface area contributed by atoms with E-state index in [1.807, 2.05) is 57.2 Å². The fourth-order valence-corrected chi connectivity index (χ4v) is 4.16. The number of carbonyl (C=O) groups excluding carboxylic acids is 1. The highest BCUT2D eigenvalue weighted by molar-refractivity contribution is 9.10. The van der Waals surface area contributed by atoms with Gasteiger partial charge in [0.2, 0.25) is 0 Å². The second kappa shape index (κ2) is 8.42. The highest BCUT2D eigenvalue weighted by Gasteiger charge is 2.15. The molecule has 0 aliphatic carbocycles. The molecule has 0 unspecified atom stereocenters. The van der Waals surface area contributed by atoms with E-state index in [1.165, 1.54) is 11.3 Å². The van der Waals surface area contributed by atoms with Gasteiger partial charge in [-0.25, -0.2) is 4.98 Å². The predicted octanol–water partition coefficient (Wildman–Crippen LogP) is 6.17. The number of thiazole rings is 1. The topological polar surface area (TPSA) is 51.2 Å². The summed E-state index contributed by atoms with van der Waals surface area (Å²) in [7, 11) is 0. The van der Waals surface area contributed by atoms with Crippen molar-refractivity contribution in [3.63, 3.8) is 0 Å². The number of nitrogens with one attached hydrogen (secondary N) is 1. The smallest absolute Gasteiger partial charge is 0.264 e. The maximum Gasteiger partial charge on any atom is 0.264 e. The minimum atomic E-state index is -0.263. The van der Waals surface area contributed by atoms with Crippen molar-refractivity contribution in [1.82, 2.24) is 4.98 Å². The number of benzene rings is 2. The number of aryl methyl sites for hydroxylation is 2. The summed E-state index contributed by atoms with van der Waals surface area (Å²) >= 11 is 11.1. The van der Waals surface area contributed by atoms with Gasteiger partial charge in [-0.3, -0.25) is 10.1 Å². The minimum absolute atomic E-state index is 0.113. The number of hydrogen-bond acceptors (Lipinski definition) is 4. The summed E-state index contributed by atoms with van der Waals surface area (Å²) in [6.07, 6.45) is 0. The first-order valence-electron chi connectivity index (χ1n) is 8.27. The number of hydrogen-bond donors (Lipinski definition) is 1. The summed E-state index contributed by atoms with van der Waals surface area (Å²) in [5.41, 5.74) is 3.69. The number of nitrogens with zero attached hydrogens (tertiary/aromatic N) is 1. The standard InChI is InChI=1S/C20H18BrClN2O2S/c1-11-9-15(17(21)12(2)18(11)22)26-10-16(25)23-20-24-19(13(3)27-20)14-7-5-4-6-8-14/h4-9H,10H2,1-3H3,(H,23,24,25). The maximum atomic E-state index is 12.3. The van der Waals surface area contributed by atoms with Crippen molar-refractivity contribution in [2.45, 2.75) is 20.8 Å². The van der Waals surface area contributed by atoms with Crippen LogP contribution in [0.3, 0.4) is 0 Å². The third kappa shape index (κ3) is 4.51. The Balaban J connectivity index is 1.67. The highest BCUT2D eigenvalue weighted by atomic mass is 79.9. The lowest BCUT2D eigenvalue weighted by Gasteiger charge is -2.12. The Bertz CT molecular complexity index is 989. The quantitative estimate of drug-likeness (QED) is 0.490. The van der Waals surface area contributed by atoms with Gasteiger partial charge in [-0.15, -0.1) is 11.3 Å². The van der Waals surface area contributed by atoms with Gasteiger partial charge in [0.1, 0.15) is 5.75 Å². The summed E-state index contributed by atoms with van der Waals surface area (Å²) < 4.78 is 6.42. The Labute approximate surface area is 175 Å². The van der Waals surface area contributed by atoms with Crippen LogP contribution < -0.4 is 10.1 Å². The third-order valence-corrected chi connectivity index (χ3v) is 6.47. The van der Waals surface area contributed by atoms with Crippen LogP contribution in [0.2, 0.25) is 5.02 Å². The van der Waals surface area contributed by atoms with Crippen LogP contribution in [0.25, 0.3) is 11.3 Å². The number of amides is 1. The monoisotopic (exact) mass is 464 g/mol. The molecule has 0 atom stereocenters. The van der Waals surface area contributed by atoms with Crippen LogP contribution in [0.15, 0.2) is 40.9 Å². The Morgan fingerprint density at radius 1 is 1.26 bits per heavy atom. The van der Waals surface area contributed by atoms with Gasteiger partial charge in [0.05, 0.1) is 10.2 Å². The number of aromatic nitrogens is 1. The fourth-order valence-electron chi connectivity index (χ4n) is 2.62. The zero-order valence-electron chi connectivity index (χ0n) is 15.1. The van der Waals surface area contributed by atoms with Crippen LogP contribution in [-0.2, 0) is 4.79 Å². The van der Waals surface area contributed by atoms with E-state index in [0.717, 1.165) is 31.7 Å². The van der Waals surface area contributed by atoms with Crippen molar-refractivity contribution < 1.29 is 9.53 Å². The lowest BCUT2D eigenvalue weighted by Crippen LogP contribution is -2.20. The second-order valence-electron chi connectivity index (χ2n) is 6.07. The van der Waals surface area contributed by atoms with Crippen molar-refractivity contribution in [3.8, 4) is 17.0 Å². The minimum Gasteiger partial charge on any atom is -0.483 e. The Morgan fingerprint density at radius 2 is 1.96 bits per heavy atom. The average molecular weight is 466 g/mol. The predicted molar refractivity (Wildman–Crippen MR) is 115 cm³/mol. The molecular weight excluding hydrogens is 448 g/mol. The lowest BCUT2D eigenvalue weighted by molar-refractivity contribution is -0.118. The van der Waals surface area contributed by atoms with Crippen LogP contribution in [-0.4, -0.2) is 17.5 Å². The van der Waals surface area contributed by atoms with E-state index in [0.29, 0.717) is 15.9 Å². The Morgan fingerprint density at radius 3 is 2.67 bits per heavy atom. The SMILES string of the molecule is Cc1cc(OCC(=O)Nc2nc(-c3ccccc3)c(C)s2)c(Br)c(C)c1Cl. The molecule has 1 heterocycles. The lowest BCUT2D eigenvalue weighted by atomic mass is 10.1. The number of ether oxygens (including phenoxy) is 1. The highest BCUT2D eigenvalue weighted by Crippen LogP contribution is 2.36. The van der Waals surface area contributed by atoms with Crippen molar-refractivity contribution in [3.05, 3.63) is 61.9 Å². The van der Waals surface area contributed by atoms with Gasteiger partial charge in [0.15, 0.2) is 11.7 Å². The van der Waals surface area contributed by atoms with E-state index in [1.54, 1.807) is 0 Å². The largest absolute Gasteiger partial charge is 0.483 e. The van der Waals surface area contributed by atoms with Crippen LogP contribution in [0.1, 0.15) is 16.0 Å². The van der Waals surface area contributed by atoms with Gasteiger partial charge in [-0.2, -0.15) is 0 Å². The molecule has 0 aliphatic rings. The number of rotatable bonds is 5. The summed E-state index contributed by atoms with van der Waals surface area (Å²) in [5.74, 6) is 0.324. The zero-order chi connectivity index (χ0) is 19.6. The van der Waals surface area contributed by atoms with E-state index in [9.17, 15) is 4.79 Å². The summed E-state index contributed by atoms with van der Waals surface area (Å²) in [4.78, 5) is 17.9. The number of halogens is 2. The van der Waals surface area contributed by atoms with Gasteiger partial charge >= 0.3 is 0 Å². The van der Waals surface area contributed by atoms with Crippen LogP contribution in [0, 0.1) is 20.8 Å². The fraction of sp³-hybridized carbons (Fsp3) is 0.200. The van der Waals surface area contributed by atoms with E-state index < -0.39 is 0 Å². The van der Waals surface area contributed by atoms with E-state index in [2.05, 4.69) is 26.2 Å². The van der Waals surface area contributed by atoms with Gasteiger partial charge in [0.25, 0.3) is 5.91 Å². The Kier molecular flexibility index (Phi) is 6.19. The van der Waals surface area contributed by atoms with Crippen LogP contribution in [0.4, 0.5) is 5.13 Å².